The maximum absolute atomic E-state index is 6.40. The molecule has 2 rings (SSSR count). The highest BCUT2D eigenvalue weighted by Crippen LogP contribution is 2.38. The minimum Gasteiger partial charge on any atom is -0.496 e. The Morgan fingerprint density at radius 2 is 2.10 bits per heavy atom. The number of benzene rings is 1. The molecule has 2 atom stereocenters. The first-order chi connectivity index (χ1) is 10.1. The zero-order chi connectivity index (χ0) is 15.4. The van der Waals surface area contributed by atoms with Gasteiger partial charge in [0, 0.05) is 28.0 Å². The van der Waals surface area contributed by atoms with Gasteiger partial charge in [-0.25, -0.2) is 0 Å². The molecular formula is C16H21ClN2OS. The fraction of sp³-hybridized carbons (Fsp3) is 0.375. The highest BCUT2D eigenvalue weighted by molar-refractivity contribution is 7.10. The molecule has 0 fully saturated rings. The molecule has 0 spiro atoms. The zero-order valence-electron chi connectivity index (χ0n) is 12.5. The predicted molar refractivity (Wildman–Crippen MR) is 90.3 cm³/mol. The number of likely N-dealkylation sites (N-methyl/N-ethyl adjacent to an activating group) is 1. The smallest absolute Gasteiger partial charge is 0.125 e. The second-order valence-electron chi connectivity index (χ2n) is 4.96. The summed E-state index contributed by atoms with van der Waals surface area (Å²) in [5.41, 5.74) is 6.99. The van der Waals surface area contributed by atoms with Crippen LogP contribution in [0.4, 0.5) is 0 Å². The van der Waals surface area contributed by atoms with Crippen molar-refractivity contribution in [3.8, 4) is 5.75 Å². The summed E-state index contributed by atoms with van der Waals surface area (Å²) in [6.07, 6.45) is 0. The largest absolute Gasteiger partial charge is 0.496 e. The molecule has 0 aliphatic carbocycles. The minimum atomic E-state index is 0.00532. The van der Waals surface area contributed by atoms with E-state index in [2.05, 4.69) is 36.4 Å². The first-order valence-electron chi connectivity index (χ1n) is 6.88. The summed E-state index contributed by atoms with van der Waals surface area (Å²) in [6.45, 7) is 2.66. The topological polar surface area (TPSA) is 38.5 Å². The molecule has 0 amide bonds. The third kappa shape index (κ3) is 3.40. The molecule has 114 valence electrons. The second kappa shape index (κ2) is 7.27. The summed E-state index contributed by atoms with van der Waals surface area (Å²) in [4.78, 5) is 3.55. The molecule has 0 aliphatic rings. The van der Waals surface area contributed by atoms with E-state index in [1.54, 1.807) is 18.4 Å². The van der Waals surface area contributed by atoms with Gasteiger partial charge >= 0.3 is 0 Å². The van der Waals surface area contributed by atoms with Crippen LogP contribution in [0.15, 0.2) is 35.7 Å². The number of hydrogen-bond acceptors (Lipinski definition) is 4. The average molecular weight is 325 g/mol. The Balaban J connectivity index is 2.35. The van der Waals surface area contributed by atoms with Crippen molar-refractivity contribution in [2.75, 3.05) is 20.7 Å². The lowest BCUT2D eigenvalue weighted by atomic mass is 10.0. The molecule has 0 aliphatic heterocycles. The van der Waals surface area contributed by atoms with E-state index >= 15 is 0 Å². The summed E-state index contributed by atoms with van der Waals surface area (Å²) in [5, 5.41) is 2.78. The lowest BCUT2D eigenvalue weighted by Crippen LogP contribution is -2.33. The van der Waals surface area contributed by atoms with Gasteiger partial charge in [-0.15, -0.1) is 11.3 Å². The molecule has 1 aromatic heterocycles. The lowest BCUT2D eigenvalue weighted by molar-refractivity contribution is 0.189. The van der Waals surface area contributed by atoms with Crippen LogP contribution in [0.2, 0.25) is 5.02 Å². The van der Waals surface area contributed by atoms with E-state index in [4.69, 9.17) is 22.1 Å². The molecule has 5 heteroatoms. The number of methoxy groups -OCH3 is 1. The van der Waals surface area contributed by atoms with Crippen LogP contribution in [-0.2, 0) is 0 Å². The number of thiophene rings is 1. The van der Waals surface area contributed by atoms with Crippen molar-refractivity contribution in [2.45, 2.75) is 19.0 Å². The van der Waals surface area contributed by atoms with E-state index in [0.717, 1.165) is 11.3 Å². The summed E-state index contributed by atoms with van der Waals surface area (Å²) in [7, 11) is 3.73. The van der Waals surface area contributed by atoms with Crippen molar-refractivity contribution < 1.29 is 4.74 Å². The van der Waals surface area contributed by atoms with Gasteiger partial charge in [-0.1, -0.05) is 23.7 Å². The van der Waals surface area contributed by atoms with Crippen LogP contribution < -0.4 is 10.5 Å². The van der Waals surface area contributed by atoms with Crippen LogP contribution >= 0.6 is 22.9 Å². The standard InChI is InChI=1S/C16H21ClN2OS/c1-11(15-8-5-9-21-15)19(2)13(10-18)16-12(17)6-4-7-14(16)20-3/h4-9,11,13H,10,18H2,1-3H3. The highest BCUT2D eigenvalue weighted by Gasteiger charge is 2.26. The summed E-state index contributed by atoms with van der Waals surface area (Å²) in [6, 6.07) is 10.2. The van der Waals surface area contributed by atoms with Crippen LogP contribution in [0.25, 0.3) is 0 Å². The average Bonchev–Trinajstić information content (AvgIpc) is 3.02. The van der Waals surface area contributed by atoms with Crippen LogP contribution in [0.3, 0.4) is 0 Å². The van der Waals surface area contributed by atoms with E-state index in [-0.39, 0.29) is 12.1 Å². The van der Waals surface area contributed by atoms with Crippen LogP contribution in [0.5, 0.6) is 5.75 Å². The number of nitrogens with zero attached hydrogens (tertiary/aromatic N) is 1. The molecule has 0 bridgehead atoms. The van der Waals surface area contributed by atoms with Crippen LogP contribution in [0.1, 0.15) is 29.4 Å². The van der Waals surface area contributed by atoms with Gasteiger partial charge in [0.2, 0.25) is 0 Å². The Hall–Kier alpha value is -1.07. The quantitative estimate of drug-likeness (QED) is 0.869. The Morgan fingerprint density at radius 1 is 1.33 bits per heavy atom. The molecule has 0 radical (unpaired) electrons. The summed E-state index contributed by atoms with van der Waals surface area (Å²) >= 11 is 8.15. The number of rotatable bonds is 6. The molecule has 0 saturated heterocycles. The van der Waals surface area contributed by atoms with Gasteiger partial charge in [-0.3, -0.25) is 4.90 Å². The van der Waals surface area contributed by atoms with Crippen LogP contribution in [0, 0.1) is 0 Å². The number of hydrogen-bond donors (Lipinski definition) is 1. The maximum atomic E-state index is 6.40. The van der Waals surface area contributed by atoms with Crippen LogP contribution in [-0.4, -0.2) is 25.6 Å². The highest BCUT2D eigenvalue weighted by atomic mass is 35.5. The third-order valence-electron chi connectivity index (χ3n) is 3.85. The van der Waals surface area contributed by atoms with Crippen molar-refractivity contribution in [1.82, 2.24) is 4.90 Å². The maximum Gasteiger partial charge on any atom is 0.125 e. The number of halogens is 1. The van der Waals surface area contributed by atoms with Crippen molar-refractivity contribution in [3.63, 3.8) is 0 Å². The minimum absolute atomic E-state index is 0.00532. The fourth-order valence-corrected chi connectivity index (χ4v) is 3.63. The predicted octanol–water partition coefficient (Wildman–Crippen LogP) is 4.10. The fourth-order valence-electron chi connectivity index (χ4n) is 2.51. The third-order valence-corrected chi connectivity index (χ3v) is 5.22. The number of nitrogens with two attached hydrogens (primary N) is 1. The Bertz CT molecular complexity index is 574. The molecule has 2 unspecified atom stereocenters. The summed E-state index contributed by atoms with van der Waals surface area (Å²) in [5.74, 6) is 0.781. The molecule has 2 aromatic rings. The SMILES string of the molecule is COc1cccc(Cl)c1C(CN)N(C)C(C)c1cccs1. The van der Waals surface area contributed by atoms with Crippen molar-refractivity contribution in [3.05, 3.63) is 51.2 Å². The summed E-state index contributed by atoms with van der Waals surface area (Å²) < 4.78 is 5.47. The Labute approximate surface area is 135 Å². The molecule has 1 heterocycles. The Kier molecular flexibility index (Phi) is 5.65. The molecular weight excluding hydrogens is 304 g/mol. The monoisotopic (exact) mass is 324 g/mol. The first-order valence-corrected chi connectivity index (χ1v) is 8.13. The van der Waals surface area contributed by atoms with Gasteiger partial charge in [-0.05, 0) is 37.6 Å². The van der Waals surface area contributed by atoms with Crippen molar-refractivity contribution in [2.24, 2.45) is 5.73 Å². The Morgan fingerprint density at radius 3 is 2.67 bits per heavy atom. The normalized spacial score (nSPS) is 14.2. The van der Waals surface area contributed by atoms with Gasteiger partial charge in [-0.2, -0.15) is 0 Å². The van der Waals surface area contributed by atoms with E-state index in [1.165, 1.54) is 4.88 Å². The zero-order valence-corrected chi connectivity index (χ0v) is 14.1. The van der Waals surface area contributed by atoms with Crippen molar-refractivity contribution in [1.29, 1.82) is 0 Å². The first kappa shape index (κ1) is 16.3. The van der Waals surface area contributed by atoms with Gasteiger partial charge in [0.1, 0.15) is 5.75 Å². The van der Waals surface area contributed by atoms with E-state index in [1.807, 2.05) is 18.2 Å². The van der Waals surface area contributed by atoms with Gasteiger partial charge in [0.15, 0.2) is 0 Å². The van der Waals surface area contributed by atoms with Gasteiger partial charge in [0.05, 0.1) is 13.2 Å². The molecule has 0 saturated carbocycles. The second-order valence-corrected chi connectivity index (χ2v) is 6.35. The van der Waals surface area contributed by atoms with E-state index in [0.29, 0.717) is 11.6 Å². The number of ether oxygens (including phenoxy) is 1. The molecule has 2 N–H and O–H groups in total. The molecule has 21 heavy (non-hydrogen) atoms. The molecule has 1 aromatic carbocycles. The van der Waals surface area contributed by atoms with E-state index in [9.17, 15) is 0 Å². The van der Waals surface area contributed by atoms with E-state index < -0.39 is 0 Å². The lowest BCUT2D eigenvalue weighted by Gasteiger charge is -2.33. The van der Waals surface area contributed by atoms with Crippen molar-refractivity contribution >= 4 is 22.9 Å². The molecule has 3 nitrogen and oxygen atoms in total. The van der Waals surface area contributed by atoms with Gasteiger partial charge in [0.25, 0.3) is 0 Å². The van der Waals surface area contributed by atoms with Gasteiger partial charge < -0.3 is 10.5 Å².